The van der Waals surface area contributed by atoms with Crippen LogP contribution in [0.1, 0.15) is 32.1 Å². The zero-order chi connectivity index (χ0) is 11.3. The van der Waals surface area contributed by atoms with E-state index in [1.807, 2.05) is 19.0 Å². The van der Waals surface area contributed by atoms with E-state index in [1.54, 1.807) is 0 Å². The minimum Gasteiger partial charge on any atom is -0.393 e. The van der Waals surface area contributed by atoms with E-state index in [0.29, 0.717) is 6.42 Å². The highest BCUT2D eigenvalue weighted by Crippen LogP contribution is 2.18. The number of carbonyl (C=O) groups excluding carboxylic acids is 1. The van der Waals surface area contributed by atoms with E-state index in [1.165, 1.54) is 0 Å². The van der Waals surface area contributed by atoms with Crippen LogP contribution in [0.15, 0.2) is 0 Å². The molecule has 0 bridgehead atoms. The molecule has 1 fully saturated rings. The average Bonchev–Trinajstić information content (AvgIpc) is 2.19. The molecule has 0 heterocycles. The summed E-state index contributed by atoms with van der Waals surface area (Å²) in [7, 11) is 3.93. The lowest BCUT2D eigenvalue weighted by Gasteiger charge is -2.26. The van der Waals surface area contributed by atoms with Crippen molar-refractivity contribution >= 4 is 5.91 Å². The fraction of sp³-hybridized carbons (Fsp3) is 0.909. The van der Waals surface area contributed by atoms with Crippen LogP contribution in [0.2, 0.25) is 0 Å². The molecule has 0 unspecified atom stereocenters. The van der Waals surface area contributed by atoms with Crippen LogP contribution in [-0.4, -0.2) is 48.7 Å². The Kier molecular flexibility index (Phi) is 5.05. The maximum absolute atomic E-state index is 11.5. The Morgan fingerprint density at radius 1 is 1.33 bits per heavy atom. The van der Waals surface area contributed by atoms with Gasteiger partial charge in [0.05, 0.1) is 6.10 Å². The predicted octanol–water partition coefficient (Wildman–Crippen LogP) is 0.358. The highest BCUT2D eigenvalue weighted by Gasteiger charge is 2.20. The Balaban J connectivity index is 2.15. The molecule has 0 aliphatic heterocycles. The summed E-state index contributed by atoms with van der Waals surface area (Å²) >= 11 is 0. The molecule has 0 saturated heterocycles. The van der Waals surface area contributed by atoms with Crippen molar-refractivity contribution < 1.29 is 9.90 Å². The van der Waals surface area contributed by atoms with Gasteiger partial charge in [-0.05, 0) is 39.8 Å². The van der Waals surface area contributed by atoms with E-state index in [0.717, 1.165) is 32.2 Å². The number of amides is 1. The third-order valence-corrected chi connectivity index (χ3v) is 2.85. The molecule has 88 valence electrons. The van der Waals surface area contributed by atoms with E-state index in [-0.39, 0.29) is 18.1 Å². The molecule has 0 radical (unpaired) electrons. The Morgan fingerprint density at radius 3 is 2.47 bits per heavy atom. The van der Waals surface area contributed by atoms with Gasteiger partial charge in [0.25, 0.3) is 0 Å². The maximum atomic E-state index is 11.5. The molecule has 2 N–H and O–H groups in total. The molecule has 4 nitrogen and oxygen atoms in total. The summed E-state index contributed by atoms with van der Waals surface area (Å²) in [4.78, 5) is 13.5. The largest absolute Gasteiger partial charge is 0.393 e. The molecule has 0 aromatic carbocycles. The first kappa shape index (κ1) is 12.5. The summed E-state index contributed by atoms with van der Waals surface area (Å²) in [6.45, 7) is 0.793. The van der Waals surface area contributed by atoms with Gasteiger partial charge in [0.1, 0.15) is 0 Å². The van der Waals surface area contributed by atoms with Crippen molar-refractivity contribution in [1.82, 2.24) is 10.2 Å². The molecule has 1 saturated carbocycles. The van der Waals surface area contributed by atoms with Crippen LogP contribution in [0, 0.1) is 0 Å². The Morgan fingerprint density at radius 2 is 1.93 bits per heavy atom. The minimum atomic E-state index is -0.153. The van der Waals surface area contributed by atoms with Gasteiger partial charge < -0.3 is 15.3 Å². The van der Waals surface area contributed by atoms with Gasteiger partial charge in [0.2, 0.25) is 5.91 Å². The average molecular weight is 214 g/mol. The monoisotopic (exact) mass is 214 g/mol. The Bertz CT molecular complexity index is 199. The molecule has 0 spiro atoms. The first-order chi connectivity index (χ1) is 7.08. The maximum Gasteiger partial charge on any atom is 0.221 e. The lowest BCUT2D eigenvalue weighted by atomic mass is 9.93. The summed E-state index contributed by atoms with van der Waals surface area (Å²) in [5, 5.41) is 12.3. The first-order valence-electron chi connectivity index (χ1n) is 5.70. The summed E-state index contributed by atoms with van der Waals surface area (Å²) in [5.41, 5.74) is 0. The number of hydrogen-bond donors (Lipinski definition) is 2. The number of nitrogens with one attached hydrogen (secondary N) is 1. The summed E-state index contributed by atoms with van der Waals surface area (Å²) in [6.07, 6.45) is 3.87. The van der Waals surface area contributed by atoms with Crippen LogP contribution in [0.3, 0.4) is 0 Å². The van der Waals surface area contributed by atoms with Gasteiger partial charge in [0.15, 0.2) is 0 Å². The molecule has 4 heteroatoms. The minimum absolute atomic E-state index is 0.130. The quantitative estimate of drug-likeness (QED) is 0.710. The van der Waals surface area contributed by atoms with Crippen molar-refractivity contribution in [3.8, 4) is 0 Å². The van der Waals surface area contributed by atoms with Crippen molar-refractivity contribution in [2.24, 2.45) is 0 Å². The lowest BCUT2D eigenvalue weighted by molar-refractivity contribution is -0.122. The van der Waals surface area contributed by atoms with Crippen LogP contribution >= 0.6 is 0 Å². The highest BCUT2D eigenvalue weighted by molar-refractivity contribution is 5.76. The highest BCUT2D eigenvalue weighted by atomic mass is 16.3. The van der Waals surface area contributed by atoms with Gasteiger partial charge >= 0.3 is 0 Å². The van der Waals surface area contributed by atoms with Crippen molar-refractivity contribution in [3.05, 3.63) is 0 Å². The van der Waals surface area contributed by atoms with E-state index in [2.05, 4.69) is 5.32 Å². The van der Waals surface area contributed by atoms with Crippen molar-refractivity contribution in [1.29, 1.82) is 0 Å². The second-order valence-electron chi connectivity index (χ2n) is 4.63. The fourth-order valence-electron chi connectivity index (χ4n) is 1.85. The van der Waals surface area contributed by atoms with E-state index in [4.69, 9.17) is 0 Å². The molecule has 0 aromatic rings. The molecular formula is C11H22N2O2. The Hall–Kier alpha value is -0.610. The van der Waals surface area contributed by atoms with E-state index in [9.17, 15) is 9.90 Å². The SMILES string of the molecule is CN(C)CCC(=O)N[C@H]1CC[C@H](O)CC1. The van der Waals surface area contributed by atoms with Gasteiger partial charge in [0, 0.05) is 19.0 Å². The summed E-state index contributed by atoms with van der Waals surface area (Å²) in [6, 6.07) is 0.281. The molecule has 1 aliphatic rings. The molecule has 0 aromatic heterocycles. The van der Waals surface area contributed by atoms with Gasteiger partial charge in [-0.3, -0.25) is 4.79 Å². The molecule has 15 heavy (non-hydrogen) atoms. The normalized spacial score (nSPS) is 26.7. The smallest absolute Gasteiger partial charge is 0.221 e. The van der Waals surface area contributed by atoms with Crippen molar-refractivity contribution in [2.45, 2.75) is 44.2 Å². The molecule has 1 aliphatic carbocycles. The van der Waals surface area contributed by atoms with Crippen LogP contribution in [-0.2, 0) is 4.79 Å². The first-order valence-corrected chi connectivity index (χ1v) is 5.70. The number of hydrogen-bond acceptors (Lipinski definition) is 3. The number of nitrogens with zero attached hydrogens (tertiary/aromatic N) is 1. The van der Waals surface area contributed by atoms with E-state index >= 15 is 0 Å². The van der Waals surface area contributed by atoms with Gasteiger partial charge in [-0.25, -0.2) is 0 Å². The fourth-order valence-corrected chi connectivity index (χ4v) is 1.85. The molecule has 1 amide bonds. The number of aliphatic hydroxyl groups is 1. The Labute approximate surface area is 91.6 Å². The summed E-state index contributed by atoms with van der Waals surface area (Å²) < 4.78 is 0. The van der Waals surface area contributed by atoms with Crippen LogP contribution in [0.4, 0.5) is 0 Å². The van der Waals surface area contributed by atoms with Crippen molar-refractivity contribution in [2.75, 3.05) is 20.6 Å². The van der Waals surface area contributed by atoms with Crippen LogP contribution in [0.5, 0.6) is 0 Å². The number of rotatable bonds is 4. The lowest BCUT2D eigenvalue weighted by Crippen LogP contribution is -2.39. The second-order valence-corrected chi connectivity index (χ2v) is 4.63. The van der Waals surface area contributed by atoms with Gasteiger partial charge in [-0.15, -0.1) is 0 Å². The number of carbonyl (C=O) groups is 1. The standard InChI is InChI=1S/C11H22N2O2/c1-13(2)8-7-11(15)12-9-3-5-10(14)6-4-9/h9-10,14H,3-8H2,1-2H3,(H,12,15)/t9-,10-. The molecule has 1 rings (SSSR count). The van der Waals surface area contributed by atoms with Gasteiger partial charge in [-0.2, -0.15) is 0 Å². The zero-order valence-electron chi connectivity index (χ0n) is 9.70. The molecular weight excluding hydrogens is 192 g/mol. The second kappa shape index (κ2) is 6.08. The topological polar surface area (TPSA) is 52.6 Å². The van der Waals surface area contributed by atoms with Gasteiger partial charge in [-0.1, -0.05) is 0 Å². The van der Waals surface area contributed by atoms with E-state index < -0.39 is 0 Å². The predicted molar refractivity (Wildman–Crippen MR) is 59.6 cm³/mol. The third kappa shape index (κ3) is 5.14. The molecule has 0 atom stereocenters. The van der Waals surface area contributed by atoms with Crippen LogP contribution < -0.4 is 5.32 Å². The summed E-state index contributed by atoms with van der Waals surface area (Å²) in [5.74, 6) is 0.130. The number of aliphatic hydroxyl groups excluding tert-OH is 1. The van der Waals surface area contributed by atoms with Crippen LogP contribution in [0.25, 0.3) is 0 Å². The zero-order valence-corrected chi connectivity index (χ0v) is 9.70. The van der Waals surface area contributed by atoms with Crippen molar-refractivity contribution in [3.63, 3.8) is 0 Å². The third-order valence-electron chi connectivity index (χ3n) is 2.85.